The van der Waals surface area contributed by atoms with Gasteiger partial charge >= 0.3 is 5.97 Å². The molecular formula is C10H11F2NO2. The molecule has 0 spiro atoms. The number of nitrogens with zero attached hydrogens (tertiary/aromatic N) is 1. The normalized spacial score (nSPS) is 11.8. The molecule has 5 heteroatoms. The smallest absolute Gasteiger partial charge is 0.354 e. The van der Waals surface area contributed by atoms with E-state index in [9.17, 15) is 13.6 Å². The van der Waals surface area contributed by atoms with Crippen LogP contribution in [-0.2, 0) is 5.92 Å². The van der Waals surface area contributed by atoms with Crippen LogP contribution < -0.4 is 0 Å². The quantitative estimate of drug-likeness (QED) is 0.842. The minimum atomic E-state index is -2.98. The third-order valence-electron chi connectivity index (χ3n) is 2.09. The van der Waals surface area contributed by atoms with Crippen molar-refractivity contribution in [1.29, 1.82) is 0 Å². The van der Waals surface area contributed by atoms with Crippen LogP contribution in [0.15, 0.2) is 18.3 Å². The summed E-state index contributed by atoms with van der Waals surface area (Å²) in [5.41, 5.74) is -0.499. The first-order valence-corrected chi connectivity index (χ1v) is 4.43. The van der Waals surface area contributed by atoms with E-state index in [4.69, 9.17) is 5.11 Å². The Labute approximate surface area is 85.8 Å². The van der Waals surface area contributed by atoms with Gasteiger partial charge in [0.15, 0.2) is 0 Å². The van der Waals surface area contributed by atoms with E-state index < -0.39 is 17.8 Å². The van der Waals surface area contributed by atoms with E-state index in [0.29, 0.717) is 0 Å². The second-order valence-corrected chi connectivity index (χ2v) is 3.51. The molecule has 0 fully saturated rings. The van der Waals surface area contributed by atoms with E-state index in [1.54, 1.807) is 0 Å². The Hall–Kier alpha value is -1.52. The molecule has 0 bridgehead atoms. The number of carboxylic acid groups (broad SMARTS) is 1. The first-order valence-electron chi connectivity index (χ1n) is 4.43. The van der Waals surface area contributed by atoms with Crippen LogP contribution in [0, 0.1) is 5.92 Å². The molecule has 0 aliphatic rings. The van der Waals surface area contributed by atoms with Gasteiger partial charge in [0.1, 0.15) is 5.69 Å². The van der Waals surface area contributed by atoms with E-state index >= 15 is 0 Å². The van der Waals surface area contributed by atoms with Gasteiger partial charge in [-0.2, -0.15) is 0 Å². The average Bonchev–Trinajstić information content (AvgIpc) is 2.17. The first kappa shape index (κ1) is 11.6. The lowest BCUT2D eigenvalue weighted by Crippen LogP contribution is -2.21. The van der Waals surface area contributed by atoms with Gasteiger partial charge in [0, 0.05) is 17.7 Å². The number of halogens is 2. The van der Waals surface area contributed by atoms with Crippen LogP contribution in [0.2, 0.25) is 0 Å². The molecule has 0 saturated carbocycles. The van der Waals surface area contributed by atoms with Crippen molar-refractivity contribution in [3.05, 3.63) is 29.6 Å². The zero-order chi connectivity index (χ0) is 11.6. The molecule has 0 radical (unpaired) electrons. The van der Waals surface area contributed by atoms with Gasteiger partial charge in [-0.3, -0.25) is 0 Å². The summed E-state index contributed by atoms with van der Waals surface area (Å²) in [6.07, 6.45) is 0.906. The van der Waals surface area contributed by atoms with E-state index in [-0.39, 0.29) is 11.3 Å². The molecule has 0 aromatic carbocycles. The Morgan fingerprint density at radius 2 is 2.07 bits per heavy atom. The third-order valence-corrected chi connectivity index (χ3v) is 2.09. The molecule has 0 amide bonds. The van der Waals surface area contributed by atoms with Gasteiger partial charge in [-0.25, -0.2) is 18.6 Å². The summed E-state index contributed by atoms with van der Waals surface area (Å²) in [5, 5.41) is 8.54. The Morgan fingerprint density at radius 1 is 1.47 bits per heavy atom. The minimum Gasteiger partial charge on any atom is -0.477 e. The predicted molar refractivity (Wildman–Crippen MR) is 49.9 cm³/mol. The highest BCUT2D eigenvalue weighted by Crippen LogP contribution is 2.34. The van der Waals surface area contributed by atoms with Gasteiger partial charge in [0.05, 0.1) is 0 Å². The summed E-state index contributed by atoms with van der Waals surface area (Å²) < 4.78 is 26.8. The van der Waals surface area contributed by atoms with Crippen molar-refractivity contribution in [1.82, 2.24) is 4.98 Å². The third kappa shape index (κ3) is 2.29. The second kappa shape index (κ2) is 3.92. The number of pyridine rings is 1. The van der Waals surface area contributed by atoms with Gasteiger partial charge in [-0.05, 0) is 12.1 Å². The van der Waals surface area contributed by atoms with Crippen molar-refractivity contribution in [2.24, 2.45) is 5.92 Å². The molecule has 0 aliphatic heterocycles. The highest BCUT2D eigenvalue weighted by Gasteiger charge is 2.35. The number of hydrogen-bond acceptors (Lipinski definition) is 2. The number of carboxylic acids is 1. The van der Waals surface area contributed by atoms with Crippen LogP contribution in [0.3, 0.4) is 0 Å². The lowest BCUT2D eigenvalue weighted by molar-refractivity contribution is -0.0517. The molecule has 0 atom stereocenters. The topological polar surface area (TPSA) is 50.2 Å². The number of aromatic carboxylic acids is 1. The van der Waals surface area contributed by atoms with Crippen LogP contribution in [0.1, 0.15) is 29.9 Å². The molecule has 0 saturated heterocycles. The van der Waals surface area contributed by atoms with Crippen molar-refractivity contribution in [3.63, 3.8) is 0 Å². The van der Waals surface area contributed by atoms with Gasteiger partial charge in [-0.15, -0.1) is 0 Å². The summed E-state index contributed by atoms with van der Waals surface area (Å²) in [6.45, 7) is 2.79. The molecule has 1 rings (SSSR count). The fourth-order valence-electron chi connectivity index (χ4n) is 1.05. The lowest BCUT2D eigenvalue weighted by atomic mass is 9.99. The van der Waals surface area contributed by atoms with E-state index in [2.05, 4.69) is 4.98 Å². The molecule has 1 N–H and O–H groups in total. The fourth-order valence-corrected chi connectivity index (χ4v) is 1.05. The zero-order valence-electron chi connectivity index (χ0n) is 8.37. The molecule has 82 valence electrons. The van der Waals surface area contributed by atoms with Gasteiger partial charge in [-0.1, -0.05) is 13.8 Å². The summed E-state index contributed by atoms with van der Waals surface area (Å²) in [4.78, 5) is 13.9. The molecular weight excluding hydrogens is 204 g/mol. The van der Waals surface area contributed by atoms with Crippen LogP contribution in [0.4, 0.5) is 8.78 Å². The fraction of sp³-hybridized carbons (Fsp3) is 0.400. The summed E-state index contributed by atoms with van der Waals surface area (Å²) in [7, 11) is 0. The summed E-state index contributed by atoms with van der Waals surface area (Å²) >= 11 is 0. The Balaban J connectivity index is 3.04. The van der Waals surface area contributed by atoms with Crippen molar-refractivity contribution >= 4 is 5.97 Å². The summed E-state index contributed by atoms with van der Waals surface area (Å²) in [6, 6.07) is 2.17. The highest BCUT2D eigenvalue weighted by atomic mass is 19.3. The van der Waals surface area contributed by atoms with Gasteiger partial charge in [0.25, 0.3) is 5.92 Å². The number of aromatic nitrogens is 1. The molecule has 0 unspecified atom stereocenters. The predicted octanol–water partition coefficient (Wildman–Crippen LogP) is 2.53. The highest BCUT2D eigenvalue weighted by molar-refractivity contribution is 5.85. The van der Waals surface area contributed by atoms with E-state index in [1.807, 2.05) is 0 Å². The van der Waals surface area contributed by atoms with Crippen molar-refractivity contribution in [2.45, 2.75) is 19.8 Å². The molecule has 1 aromatic heterocycles. The Morgan fingerprint density at radius 3 is 2.40 bits per heavy atom. The number of carbonyl (C=O) groups is 1. The molecule has 1 aromatic rings. The van der Waals surface area contributed by atoms with Crippen molar-refractivity contribution < 1.29 is 18.7 Å². The van der Waals surface area contributed by atoms with Gasteiger partial charge < -0.3 is 5.11 Å². The molecule has 3 nitrogen and oxygen atoms in total. The van der Waals surface area contributed by atoms with E-state index in [1.165, 1.54) is 13.8 Å². The SMILES string of the molecule is CC(C)C(F)(F)c1ccc(C(=O)O)nc1. The van der Waals surface area contributed by atoms with Crippen LogP contribution in [0.25, 0.3) is 0 Å². The second-order valence-electron chi connectivity index (χ2n) is 3.51. The largest absolute Gasteiger partial charge is 0.477 e. The summed E-state index contributed by atoms with van der Waals surface area (Å²) in [5.74, 6) is -5.06. The van der Waals surface area contributed by atoms with Crippen molar-refractivity contribution in [2.75, 3.05) is 0 Å². The molecule has 1 heterocycles. The van der Waals surface area contributed by atoms with Crippen molar-refractivity contribution in [3.8, 4) is 0 Å². The van der Waals surface area contributed by atoms with Crippen LogP contribution in [-0.4, -0.2) is 16.1 Å². The standard InChI is InChI=1S/C10H11F2NO2/c1-6(2)10(11,12)7-3-4-8(9(14)15)13-5-7/h3-6H,1-2H3,(H,14,15). The zero-order valence-corrected chi connectivity index (χ0v) is 8.37. The first-order chi connectivity index (χ1) is 6.85. The van der Waals surface area contributed by atoms with Gasteiger partial charge in [0.2, 0.25) is 0 Å². The van der Waals surface area contributed by atoms with Crippen LogP contribution in [0.5, 0.6) is 0 Å². The molecule has 0 aliphatic carbocycles. The Bertz CT molecular complexity index is 360. The number of alkyl halides is 2. The maximum atomic E-state index is 13.4. The Kier molecular flexibility index (Phi) is 3.02. The maximum absolute atomic E-state index is 13.4. The number of hydrogen-bond donors (Lipinski definition) is 1. The molecule has 15 heavy (non-hydrogen) atoms. The average molecular weight is 215 g/mol. The maximum Gasteiger partial charge on any atom is 0.354 e. The minimum absolute atomic E-state index is 0.238. The van der Waals surface area contributed by atoms with E-state index in [0.717, 1.165) is 18.3 Å². The monoisotopic (exact) mass is 215 g/mol. The van der Waals surface area contributed by atoms with Crippen LogP contribution >= 0.6 is 0 Å². The lowest BCUT2D eigenvalue weighted by Gasteiger charge is -2.20. The number of rotatable bonds is 3.